The van der Waals surface area contributed by atoms with E-state index in [1.807, 2.05) is 66.4 Å². The number of rotatable bonds is 9. The van der Waals surface area contributed by atoms with Crippen LogP contribution >= 0.6 is 11.3 Å². The van der Waals surface area contributed by atoms with Crippen molar-refractivity contribution in [2.75, 3.05) is 26.2 Å². The molecule has 0 saturated carbocycles. The van der Waals surface area contributed by atoms with Crippen LogP contribution in [0.1, 0.15) is 41.5 Å². The largest absolute Gasteiger partial charge is 0.491 e. The van der Waals surface area contributed by atoms with Crippen LogP contribution in [0.15, 0.2) is 66.0 Å². The number of ether oxygens (including phenoxy) is 1. The van der Waals surface area contributed by atoms with E-state index in [4.69, 9.17) is 4.74 Å². The van der Waals surface area contributed by atoms with Crippen LogP contribution in [0.25, 0.3) is 0 Å². The molecule has 0 spiro atoms. The molecule has 3 aromatic rings. The molecule has 1 aromatic heterocycles. The molecule has 1 aliphatic rings. The molecule has 0 fully saturated rings. The minimum Gasteiger partial charge on any atom is -0.491 e. The highest BCUT2D eigenvalue weighted by Gasteiger charge is 2.33. The summed E-state index contributed by atoms with van der Waals surface area (Å²) in [5.74, 6) is 1.03. The second-order valence-corrected chi connectivity index (χ2v) is 10.6. The van der Waals surface area contributed by atoms with Gasteiger partial charge in [-0.15, -0.1) is 11.3 Å². The van der Waals surface area contributed by atoms with E-state index in [1.54, 1.807) is 16.2 Å². The van der Waals surface area contributed by atoms with E-state index in [0.717, 1.165) is 23.3 Å². The standard InChI is InChI=1S/C29H34N2O3S/c1-21(2)18-30(28(32)17-23-7-5-4-6-8-23)19-29(33)31-15-13-27-25(14-16-35-27)26(31)20-34-24-11-9-22(3)10-12-24/h4-12,14,16,21,26H,13,15,17-20H2,1-3H3. The maximum atomic E-state index is 13.6. The second kappa shape index (κ2) is 11.5. The number of nitrogens with zero attached hydrogens (tertiary/aromatic N) is 2. The Kier molecular flexibility index (Phi) is 8.24. The summed E-state index contributed by atoms with van der Waals surface area (Å²) in [6, 6.07) is 19.6. The second-order valence-electron chi connectivity index (χ2n) is 9.61. The molecular formula is C29H34N2O3S. The Hall–Kier alpha value is -3.12. The number of benzene rings is 2. The maximum absolute atomic E-state index is 13.6. The van der Waals surface area contributed by atoms with Crippen molar-refractivity contribution in [1.82, 2.24) is 9.80 Å². The van der Waals surface area contributed by atoms with Gasteiger partial charge in [0, 0.05) is 18.0 Å². The summed E-state index contributed by atoms with van der Waals surface area (Å²) in [5.41, 5.74) is 3.30. The van der Waals surface area contributed by atoms with Gasteiger partial charge in [-0.25, -0.2) is 0 Å². The van der Waals surface area contributed by atoms with E-state index in [0.29, 0.717) is 26.1 Å². The number of amides is 2. The number of thiophene rings is 1. The Morgan fingerprint density at radius 1 is 1.09 bits per heavy atom. The third-order valence-electron chi connectivity index (χ3n) is 6.31. The molecule has 0 radical (unpaired) electrons. The van der Waals surface area contributed by atoms with E-state index in [-0.39, 0.29) is 30.3 Å². The van der Waals surface area contributed by atoms with Gasteiger partial charge in [-0.1, -0.05) is 61.9 Å². The van der Waals surface area contributed by atoms with Gasteiger partial charge in [0.15, 0.2) is 0 Å². The molecule has 2 heterocycles. The van der Waals surface area contributed by atoms with Crippen molar-refractivity contribution in [1.29, 1.82) is 0 Å². The predicted molar refractivity (Wildman–Crippen MR) is 141 cm³/mol. The number of fused-ring (bicyclic) bond motifs is 1. The van der Waals surface area contributed by atoms with Crippen LogP contribution in [0.3, 0.4) is 0 Å². The number of aryl methyl sites for hydroxylation is 1. The Bertz CT molecular complexity index is 1120. The average molecular weight is 491 g/mol. The van der Waals surface area contributed by atoms with Gasteiger partial charge in [-0.3, -0.25) is 9.59 Å². The molecule has 35 heavy (non-hydrogen) atoms. The van der Waals surface area contributed by atoms with Crippen LogP contribution in [0.5, 0.6) is 5.75 Å². The van der Waals surface area contributed by atoms with Crippen LogP contribution in [-0.2, 0) is 22.4 Å². The fraction of sp³-hybridized carbons (Fsp3) is 0.379. The van der Waals surface area contributed by atoms with E-state index in [2.05, 4.69) is 25.3 Å². The third kappa shape index (κ3) is 6.51. The third-order valence-corrected chi connectivity index (χ3v) is 7.30. The zero-order valence-electron chi connectivity index (χ0n) is 20.8. The van der Waals surface area contributed by atoms with Crippen LogP contribution in [0.2, 0.25) is 0 Å². The van der Waals surface area contributed by atoms with Gasteiger partial charge in [0.2, 0.25) is 11.8 Å². The Labute approximate surface area is 212 Å². The number of hydrogen-bond acceptors (Lipinski definition) is 4. The lowest BCUT2D eigenvalue weighted by Crippen LogP contribution is -2.48. The summed E-state index contributed by atoms with van der Waals surface area (Å²) in [6.45, 7) is 7.86. The van der Waals surface area contributed by atoms with Crippen molar-refractivity contribution in [2.45, 2.75) is 39.7 Å². The fourth-order valence-electron chi connectivity index (χ4n) is 4.52. The van der Waals surface area contributed by atoms with Crippen LogP contribution < -0.4 is 4.74 Å². The normalized spacial score (nSPS) is 15.1. The zero-order chi connectivity index (χ0) is 24.8. The fourth-order valence-corrected chi connectivity index (χ4v) is 5.44. The average Bonchev–Trinajstić information content (AvgIpc) is 3.32. The molecule has 6 heteroatoms. The first kappa shape index (κ1) is 25.0. The molecule has 5 nitrogen and oxygen atoms in total. The summed E-state index contributed by atoms with van der Waals surface area (Å²) in [4.78, 5) is 31.7. The lowest BCUT2D eigenvalue weighted by Gasteiger charge is -2.37. The summed E-state index contributed by atoms with van der Waals surface area (Å²) < 4.78 is 6.13. The number of carbonyl (C=O) groups is 2. The molecule has 1 atom stereocenters. The molecule has 2 amide bonds. The van der Waals surface area contributed by atoms with Crippen molar-refractivity contribution in [3.63, 3.8) is 0 Å². The molecule has 0 saturated heterocycles. The monoisotopic (exact) mass is 490 g/mol. The molecular weight excluding hydrogens is 456 g/mol. The first-order valence-corrected chi connectivity index (χ1v) is 13.2. The highest BCUT2D eigenvalue weighted by molar-refractivity contribution is 7.10. The van der Waals surface area contributed by atoms with E-state index >= 15 is 0 Å². The minimum atomic E-state index is -0.163. The number of carbonyl (C=O) groups excluding carboxylic acids is 2. The predicted octanol–water partition coefficient (Wildman–Crippen LogP) is 5.29. The summed E-state index contributed by atoms with van der Waals surface area (Å²) >= 11 is 1.74. The Balaban J connectivity index is 1.49. The molecule has 2 aromatic carbocycles. The van der Waals surface area contributed by atoms with E-state index < -0.39 is 0 Å². The van der Waals surface area contributed by atoms with E-state index in [1.165, 1.54) is 10.4 Å². The SMILES string of the molecule is Cc1ccc(OCC2c3ccsc3CCN2C(=O)CN(CC(C)C)C(=O)Cc2ccccc2)cc1. The number of hydrogen-bond donors (Lipinski definition) is 0. The maximum Gasteiger partial charge on any atom is 0.242 e. The van der Waals surface area contributed by atoms with Gasteiger partial charge < -0.3 is 14.5 Å². The van der Waals surface area contributed by atoms with Crippen LogP contribution in [0, 0.1) is 12.8 Å². The lowest BCUT2D eigenvalue weighted by atomic mass is 10.00. The van der Waals surface area contributed by atoms with Crippen molar-refractivity contribution < 1.29 is 14.3 Å². The smallest absolute Gasteiger partial charge is 0.242 e. The first-order valence-electron chi connectivity index (χ1n) is 12.3. The van der Waals surface area contributed by atoms with Crippen molar-refractivity contribution in [2.24, 2.45) is 5.92 Å². The Morgan fingerprint density at radius 3 is 2.54 bits per heavy atom. The zero-order valence-corrected chi connectivity index (χ0v) is 21.6. The minimum absolute atomic E-state index is 0.0149. The molecule has 0 N–H and O–H groups in total. The molecule has 0 aliphatic carbocycles. The lowest BCUT2D eigenvalue weighted by molar-refractivity contribution is -0.142. The highest BCUT2D eigenvalue weighted by atomic mass is 32.1. The quantitative estimate of drug-likeness (QED) is 0.410. The summed E-state index contributed by atoms with van der Waals surface area (Å²) in [6.07, 6.45) is 1.14. The van der Waals surface area contributed by atoms with Crippen molar-refractivity contribution in [3.05, 3.63) is 87.6 Å². The summed E-state index contributed by atoms with van der Waals surface area (Å²) in [5, 5.41) is 2.09. The van der Waals surface area contributed by atoms with Gasteiger partial charge in [-0.05, 0) is 54.0 Å². The van der Waals surface area contributed by atoms with Gasteiger partial charge in [0.25, 0.3) is 0 Å². The highest BCUT2D eigenvalue weighted by Crippen LogP contribution is 2.34. The molecule has 184 valence electrons. The summed E-state index contributed by atoms with van der Waals surface area (Å²) in [7, 11) is 0. The van der Waals surface area contributed by atoms with Gasteiger partial charge >= 0.3 is 0 Å². The topological polar surface area (TPSA) is 49.9 Å². The molecule has 1 unspecified atom stereocenters. The van der Waals surface area contributed by atoms with Crippen LogP contribution in [-0.4, -0.2) is 47.9 Å². The Morgan fingerprint density at radius 2 is 1.83 bits per heavy atom. The van der Waals surface area contributed by atoms with Gasteiger partial charge in [-0.2, -0.15) is 0 Å². The van der Waals surface area contributed by atoms with Crippen LogP contribution in [0.4, 0.5) is 0 Å². The van der Waals surface area contributed by atoms with Gasteiger partial charge in [0.05, 0.1) is 19.0 Å². The first-order chi connectivity index (χ1) is 16.9. The van der Waals surface area contributed by atoms with Crippen molar-refractivity contribution >= 4 is 23.2 Å². The van der Waals surface area contributed by atoms with Crippen molar-refractivity contribution in [3.8, 4) is 5.75 Å². The van der Waals surface area contributed by atoms with E-state index in [9.17, 15) is 9.59 Å². The molecule has 4 rings (SSSR count). The molecule has 0 bridgehead atoms. The molecule has 1 aliphatic heterocycles. The van der Waals surface area contributed by atoms with Gasteiger partial charge in [0.1, 0.15) is 12.4 Å².